The number of nitriles is 1. The number of carbonyl (C=O) groups excluding carboxylic acids is 1. The lowest BCUT2D eigenvalue weighted by Crippen LogP contribution is -2.40. The van der Waals surface area contributed by atoms with Crippen molar-refractivity contribution < 1.29 is 38.0 Å². The van der Waals surface area contributed by atoms with E-state index in [2.05, 4.69) is 39.1 Å². The fourth-order valence-corrected chi connectivity index (χ4v) is 6.23. The van der Waals surface area contributed by atoms with Crippen LogP contribution in [0.4, 0.5) is 4.79 Å². The Balaban J connectivity index is 2.57. The minimum atomic E-state index is -0.799. The summed E-state index contributed by atoms with van der Waals surface area (Å²) in [5, 5.41) is 13.8. The molecule has 2 aromatic carbocycles. The first-order valence-electron chi connectivity index (χ1n) is 18.5. The van der Waals surface area contributed by atoms with Gasteiger partial charge in [-0.25, -0.2) is 4.79 Å². The van der Waals surface area contributed by atoms with Crippen LogP contribution in [0.25, 0.3) is 0 Å². The average Bonchev–Trinajstić information content (AvgIpc) is 3.09. The van der Waals surface area contributed by atoms with Gasteiger partial charge in [-0.3, -0.25) is 0 Å². The predicted molar refractivity (Wildman–Crippen MR) is 202 cm³/mol. The van der Waals surface area contributed by atoms with Gasteiger partial charge < -0.3 is 38.5 Å². The van der Waals surface area contributed by atoms with E-state index in [1.165, 1.54) is 0 Å². The molecule has 1 N–H and O–H groups in total. The molecule has 0 aliphatic carbocycles. The summed E-state index contributed by atoms with van der Waals surface area (Å²) in [6.07, 6.45) is 7.69. The first-order valence-corrected chi connectivity index (χ1v) is 18.5. The highest BCUT2D eigenvalue weighted by Gasteiger charge is 2.37. The summed E-state index contributed by atoms with van der Waals surface area (Å²) in [4.78, 5) is 13.2. The van der Waals surface area contributed by atoms with Crippen molar-refractivity contribution in [3.8, 4) is 40.6 Å². The van der Waals surface area contributed by atoms with Crippen molar-refractivity contribution in [3.05, 3.63) is 35.4 Å². The highest BCUT2D eigenvalue weighted by molar-refractivity contribution is 5.68. The summed E-state index contributed by atoms with van der Waals surface area (Å²) in [5.41, 5.74) is 0.214. The molecule has 0 radical (unpaired) electrons. The van der Waals surface area contributed by atoms with Gasteiger partial charge in [0.25, 0.3) is 0 Å². The Labute approximate surface area is 307 Å². The number of alkyl carbamates (subject to hydrolysis) is 1. The van der Waals surface area contributed by atoms with Crippen LogP contribution in [0.1, 0.15) is 117 Å². The molecule has 0 saturated carbocycles. The number of methoxy groups -OCH3 is 4. The summed E-state index contributed by atoms with van der Waals surface area (Å²) < 4.78 is 41.2. The molecule has 2 unspecified atom stereocenters. The lowest BCUT2D eigenvalue weighted by atomic mass is 9.69. The van der Waals surface area contributed by atoms with Crippen molar-refractivity contribution in [2.45, 2.75) is 130 Å². The quantitative estimate of drug-likeness (QED) is 0.112. The first kappa shape index (κ1) is 43.2. The smallest absolute Gasteiger partial charge is 0.407 e. The van der Waals surface area contributed by atoms with E-state index in [0.717, 1.165) is 49.7 Å². The SMILES string of the molecule is CCCCCOc1cc(CC(CCCC(C#N)(c2ccc(OC)c(OC)c2)C(C)C)NC(=O)OC(C)(C)C)c(OCCCCC)c(OC)c1OC. The Bertz CT molecular complexity index is 1400. The van der Waals surface area contributed by atoms with Gasteiger partial charge in [-0.05, 0) is 89.0 Å². The first-order chi connectivity index (χ1) is 24.3. The standard InChI is InChI=1S/C41H64N2O8/c1-12-14-16-23-49-35-26-30(36(50-24-17-15-13-2)38(48-11)37(35)47-10)25-32(43-39(44)51-40(5,6)7)19-18-22-41(28-42,29(3)4)31-20-21-33(45-8)34(27-31)46-9/h20-21,26-27,29,32H,12-19,22-25H2,1-11H3,(H,43,44). The third-order valence-corrected chi connectivity index (χ3v) is 9.04. The number of amides is 1. The van der Waals surface area contributed by atoms with Crippen molar-refractivity contribution >= 4 is 6.09 Å². The van der Waals surface area contributed by atoms with Gasteiger partial charge in [0.15, 0.2) is 23.0 Å². The van der Waals surface area contributed by atoms with Gasteiger partial charge in [0.05, 0.1) is 53.1 Å². The van der Waals surface area contributed by atoms with Gasteiger partial charge in [-0.15, -0.1) is 0 Å². The van der Waals surface area contributed by atoms with Gasteiger partial charge >= 0.3 is 6.09 Å². The zero-order chi connectivity index (χ0) is 38.0. The second-order valence-electron chi connectivity index (χ2n) is 14.3. The molecular weight excluding hydrogens is 648 g/mol. The lowest BCUT2D eigenvalue weighted by Gasteiger charge is -2.33. The highest BCUT2D eigenvalue weighted by atomic mass is 16.6. The maximum absolute atomic E-state index is 13.2. The topological polar surface area (TPSA) is 118 Å². The normalized spacial score (nSPS) is 13.1. The van der Waals surface area contributed by atoms with Crippen molar-refractivity contribution in [1.29, 1.82) is 5.26 Å². The molecule has 0 saturated heterocycles. The molecule has 0 aliphatic heterocycles. The molecular formula is C41H64N2O8. The Morgan fingerprint density at radius 2 is 1.41 bits per heavy atom. The van der Waals surface area contributed by atoms with Gasteiger partial charge in [0, 0.05) is 11.6 Å². The fraction of sp³-hybridized carbons (Fsp3) is 0.659. The Morgan fingerprint density at radius 3 is 1.94 bits per heavy atom. The van der Waals surface area contributed by atoms with E-state index < -0.39 is 17.1 Å². The molecule has 286 valence electrons. The highest BCUT2D eigenvalue weighted by Crippen LogP contribution is 2.48. The van der Waals surface area contributed by atoms with Crippen LogP contribution in [0.2, 0.25) is 0 Å². The third kappa shape index (κ3) is 12.6. The third-order valence-electron chi connectivity index (χ3n) is 9.04. The van der Waals surface area contributed by atoms with E-state index in [1.54, 1.807) is 28.4 Å². The largest absolute Gasteiger partial charge is 0.493 e. The zero-order valence-electron chi connectivity index (χ0n) is 33.2. The molecule has 2 aromatic rings. The number of nitrogens with one attached hydrogen (secondary N) is 1. The van der Waals surface area contributed by atoms with Gasteiger partial charge in [-0.1, -0.05) is 59.4 Å². The number of rotatable bonds is 23. The molecule has 10 heteroatoms. The molecule has 0 bridgehead atoms. The second-order valence-corrected chi connectivity index (χ2v) is 14.3. The van der Waals surface area contributed by atoms with E-state index >= 15 is 0 Å². The predicted octanol–water partition coefficient (Wildman–Crippen LogP) is 9.58. The number of unbranched alkanes of at least 4 members (excludes halogenated alkanes) is 4. The Kier molecular flexibility index (Phi) is 18.1. The van der Waals surface area contributed by atoms with Crippen LogP contribution in [0, 0.1) is 17.2 Å². The van der Waals surface area contributed by atoms with Crippen molar-refractivity contribution in [1.82, 2.24) is 5.32 Å². The maximum atomic E-state index is 13.2. The number of hydrogen-bond acceptors (Lipinski definition) is 9. The number of carbonyl (C=O) groups is 1. The van der Waals surface area contributed by atoms with Crippen LogP contribution >= 0.6 is 0 Å². The summed E-state index contributed by atoms with van der Waals surface area (Å²) >= 11 is 0. The van der Waals surface area contributed by atoms with Crippen LogP contribution in [0.15, 0.2) is 24.3 Å². The van der Waals surface area contributed by atoms with Gasteiger partial charge in [-0.2, -0.15) is 5.26 Å². The van der Waals surface area contributed by atoms with Crippen molar-refractivity contribution in [2.24, 2.45) is 5.92 Å². The van der Waals surface area contributed by atoms with E-state index in [0.29, 0.717) is 73.4 Å². The van der Waals surface area contributed by atoms with E-state index in [-0.39, 0.29) is 12.0 Å². The van der Waals surface area contributed by atoms with Crippen molar-refractivity contribution in [3.63, 3.8) is 0 Å². The van der Waals surface area contributed by atoms with Crippen LogP contribution in [0.5, 0.6) is 34.5 Å². The van der Waals surface area contributed by atoms with Crippen LogP contribution in [0.3, 0.4) is 0 Å². The van der Waals surface area contributed by atoms with E-state index in [1.807, 2.05) is 45.0 Å². The monoisotopic (exact) mass is 712 g/mol. The lowest BCUT2D eigenvalue weighted by molar-refractivity contribution is 0.0500. The molecule has 0 spiro atoms. The molecule has 51 heavy (non-hydrogen) atoms. The molecule has 0 fully saturated rings. The van der Waals surface area contributed by atoms with Gasteiger partial charge in [0.2, 0.25) is 11.5 Å². The van der Waals surface area contributed by atoms with Crippen LogP contribution < -0.4 is 33.7 Å². The minimum absolute atomic E-state index is 0.000691. The van der Waals surface area contributed by atoms with E-state index in [4.69, 9.17) is 33.2 Å². The molecule has 0 aliphatic rings. The fourth-order valence-electron chi connectivity index (χ4n) is 6.23. The van der Waals surface area contributed by atoms with Gasteiger partial charge in [0.1, 0.15) is 5.60 Å². The summed E-state index contributed by atoms with van der Waals surface area (Å²) in [6.45, 7) is 15.0. The summed E-state index contributed by atoms with van der Waals surface area (Å²) in [7, 11) is 6.38. The second kappa shape index (κ2) is 21.4. The van der Waals surface area contributed by atoms with Crippen LogP contribution in [-0.4, -0.2) is 59.4 Å². The summed E-state index contributed by atoms with van der Waals surface area (Å²) in [5.74, 6) is 3.26. The average molecular weight is 713 g/mol. The molecule has 0 aromatic heterocycles. The minimum Gasteiger partial charge on any atom is -0.493 e. The van der Waals surface area contributed by atoms with Crippen LogP contribution in [-0.2, 0) is 16.6 Å². The van der Waals surface area contributed by atoms with Crippen molar-refractivity contribution in [2.75, 3.05) is 41.7 Å². The zero-order valence-corrected chi connectivity index (χ0v) is 33.2. The number of hydrogen-bond donors (Lipinski definition) is 1. The Morgan fingerprint density at radius 1 is 0.784 bits per heavy atom. The molecule has 10 nitrogen and oxygen atoms in total. The number of ether oxygens (including phenoxy) is 7. The Hall–Kier alpha value is -4.00. The molecule has 1 amide bonds. The van der Waals surface area contributed by atoms with E-state index in [9.17, 15) is 10.1 Å². The number of nitrogens with zero attached hydrogens (tertiary/aromatic N) is 1. The molecule has 2 rings (SSSR count). The molecule has 0 heterocycles. The molecule has 2 atom stereocenters. The maximum Gasteiger partial charge on any atom is 0.407 e. The summed E-state index contributed by atoms with van der Waals surface area (Å²) in [6, 6.07) is 9.91. The number of benzene rings is 2.